The van der Waals surface area contributed by atoms with Crippen LogP contribution in [0.2, 0.25) is 0 Å². The lowest BCUT2D eigenvalue weighted by Gasteiger charge is -2.15. The number of nitrogens with one attached hydrogen (secondary N) is 1. The fraction of sp³-hybridized carbons (Fsp3) is 0.667. The number of nitrogens with zero attached hydrogens (tertiary/aromatic N) is 2. The van der Waals surface area contributed by atoms with Gasteiger partial charge in [0, 0.05) is 19.8 Å². The molecule has 0 saturated heterocycles. The highest BCUT2D eigenvalue weighted by atomic mass is 14.9. The van der Waals surface area contributed by atoms with E-state index in [1.165, 1.54) is 31.2 Å². The van der Waals surface area contributed by atoms with Crippen LogP contribution in [0, 0.1) is 29.1 Å². The number of rotatable bonds is 6. The molecule has 0 radical (unpaired) electrons. The molecule has 1 aromatic rings. The molecule has 0 aliphatic heterocycles. The van der Waals surface area contributed by atoms with Gasteiger partial charge in [0.15, 0.2) is 0 Å². The normalized spacial score (nSPS) is 19.2. The number of aryl methyl sites for hydroxylation is 1. The Bertz CT molecular complexity index is 449. The number of hydrogen-bond acceptors (Lipinski definition) is 2. The molecule has 0 spiro atoms. The van der Waals surface area contributed by atoms with Gasteiger partial charge in [0.2, 0.25) is 0 Å². The van der Waals surface area contributed by atoms with Crippen LogP contribution in [0.3, 0.4) is 0 Å². The third-order valence-electron chi connectivity index (χ3n) is 4.34. The van der Waals surface area contributed by atoms with Crippen LogP contribution in [-0.2, 0) is 13.6 Å². The van der Waals surface area contributed by atoms with Crippen molar-refractivity contribution in [2.75, 3.05) is 6.54 Å². The molecule has 18 heavy (non-hydrogen) atoms. The Kier molecular flexibility index (Phi) is 3.13. The summed E-state index contributed by atoms with van der Waals surface area (Å²) in [7, 11) is 1.93. The highest BCUT2D eigenvalue weighted by Gasteiger charge is 2.40. The quantitative estimate of drug-likeness (QED) is 0.833. The van der Waals surface area contributed by atoms with E-state index < -0.39 is 0 Å². The molecule has 1 heterocycles. The highest BCUT2D eigenvalue weighted by Crippen LogP contribution is 2.48. The Morgan fingerprint density at radius 3 is 2.56 bits per heavy atom. The highest BCUT2D eigenvalue weighted by molar-refractivity contribution is 5.28. The van der Waals surface area contributed by atoms with E-state index in [1.807, 2.05) is 17.7 Å². The van der Waals surface area contributed by atoms with Crippen LogP contribution in [-0.4, -0.2) is 11.1 Å². The lowest BCUT2D eigenvalue weighted by Crippen LogP contribution is -2.25. The van der Waals surface area contributed by atoms with Crippen LogP contribution in [0.25, 0.3) is 0 Å². The van der Waals surface area contributed by atoms with E-state index in [4.69, 9.17) is 5.26 Å². The van der Waals surface area contributed by atoms with Crippen LogP contribution in [0.4, 0.5) is 0 Å². The Morgan fingerprint density at radius 2 is 2.06 bits per heavy atom. The van der Waals surface area contributed by atoms with Crippen molar-refractivity contribution in [3.63, 3.8) is 0 Å². The standard InChI is InChI=1S/C15H21N3/c1-18-10-11(6-14(18)7-16)8-17-9-15(12-2-3-12)13-4-5-13/h6,10,12-13,15,17H,2-5,8-9H2,1H3. The zero-order valence-corrected chi connectivity index (χ0v) is 11.0. The second-order valence-corrected chi connectivity index (χ2v) is 5.93. The Labute approximate surface area is 109 Å². The average molecular weight is 243 g/mol. The van der Waals surface area contributed by atoms with Crippen LogP contribution < -0.4 is 5.32 Å². The van der Waals surface area contributed by atoms with Crippen LogP contribution >= 0.6 is 0 Å². The molecule has 2 aliphatic carbocycles. The Balaban J connectivity index is 1.49. The molecule has 0 aromatic carbocycles. The summed E-state index contributed by atoms with van der Waals surface area (Å²) in [6, 6.07) is 4.19. The van der Waals surface area contributed by atoms with E-state index in [2.05, 4.69) is 17.6 Å². The van der Waals surface area contributed by atoms with Crippen molar-refractivity contribution in [3.8, 4) is 6.07 Å². The van der Waals surface area contributed by atoms with Crippen molar-refractivity contribution in [1.29, 1.82) is 5.26 Å². The third kappa shape index (κ3) is 2.59. The molecule has 1 aromatic heterocycles. The van der Waals surface area contributed by atoms with Gasteiger partial charge in [0.1, 0.15) is 11.8 Å². The molecular weight excluding hydrogens is 222 g/mol. The van der Waals surface area contributed by atoms with Gasteiger partial charge in [-0.05, 0) is 61.6 Å². The molecule has 2 aliphatic rings. The maximum atomic E-state index is 8.92. The largest absolute Gasteiger partial charge is 0.342 e. The van der Waals surface area contributed by atoms with E-state index in [0.29, 0.717) is 0 Å². The van der Waals surface area contributed by atoms with Gasteiger partial charge >= 0.3 is 0 Å². The smallest absolute Gasteiger partial charge is 0.120 e. The maximum absolute atomic E-state index is 8.92. The van der Waals surface area contributed by atoms with Crippen molar-refractivity contribution >= 4 is 0 Å². The molecule has 2 fully saturated rings. The van der Waals surface area contributed by atoms with Gasteiger partial charge < -0.3 is 9.88 Å². The van der Waals surface area contributed by atoms with Crippen LogP contribution in [0.1, 0.15) is 36.9 Å². The number of nitriles is 1. The molecule has 96 valence electrons. The number of hydrogen-bond donors (Lipinski definition) is 1. The first-order valence-electron chi connectivity index (χ1n) is 7.04. The minimum absolute atomic E-state index is 0.743. The van der Waals surface area contributed by atoms with E-state index >= 15 is 0 Å². The average Bonchev–Trinajstić information content (AvgIpc) is 3.24. The van der Waals surface area contributed by atoms with Crippen LogP contribution in [0.15, 0.2) is 12.3 Å². The second kappa shape index (κ2) is 4.78. The predicted octanol–water partition coefficient (Wildman–Crippen LogP) is 2.42. The first-order chi connectivity index (χ1) is 8.78. The van der Waals surface area contributed by atoms with E-state index in [9.17, 15) is 0 Å². The Morgan fingerprint density at radius 1 is 1.39 bits per heavy atom. The summed E-state index contributed by atoms with van der Waals surface area (Å²) in [5.41, 5.74) is 1.96. The SMILES string of the molecule is Cn1cc(CNCC(C2CC2)C2CC2)cc1C#N. The molecule has 2 saturated carbocycles. The van der Waals surface area contributed by atoms with Crippen molar-refractivity contribution in [2.24, 2.45) is 24.8 Å². The van der Waals surface area contributed by atoms with Crippen molar-refractivity contribution in [3.05, 3.63) is 23.5 Å². The van der Waals surface area contributed by atoms with Gasteiger partial charge in [-0.15, -0.1) is 0 Å². The molecule has 0 unspecified atom stereocenters. The van der Waals surface area contributed by atoms with Gasteiger partial charge in [0.25, 0.3) is 0 Å². The monoisotopic (exact) mass is 243 g/mol. The van der Waals surface area contributed by atoms with Crippen molar-refractivity contribution in [1.82, 2.24) is 9.88 Å². The minimum Gasteiger partial charge on any atom is -0.342 e. The molecule has 3 nitrogen and oxygen atoms in total. The predicted molar refractivity (Wildman–Crippen MR) is 70.8 cm³/mol. The van der Waals surface area contributed by atoms with Gasteiger partial charge in [0.05, 0.1) is 0 Å². The summed E-state index contributed by atoms with van der Waals surface area (Å²) >= 11 is 0. The van der Waals surface area contributed by atoms with Crippen molar-refractivity contribution < 1.29 is 0 Å². The number of aromatic nitrogens is 1. The summed E-state index contributed by atoms with van der Waals surface area (Å²) in [5.74, 6) is 2.94. The van der Waals surface area contributed by atoms with Crippen LogP contribution in [0.5, 0.6) is 0 Å². The summed E-state index contributed by atoms with van der Waals surface area (Å²) in [5, 5.41) is 12.5. The first-order valence-corrected chi connectivity index (χ1v) is 7.04. The fourth-order valence-corrected chi connectivity index (χ4v) is 2.99. The molecule has 0 bridgehead atoms. The zero-order valence-electron chi connectivity index (χ0n) is 11.0. The minimum atomic E-state index is 0.743. The van der Waals surface area contributed by atoms with Gasteiger partial charge in [-0.3, -0.25) is 0 Å². The van der Waals surface area contributed by atoms with E-state index in [0.717, 1.165) is 36.5 Å². The summed E-state index contributed by atoms with van der Waals surface area (Å²) in [4.78, 5) is 0. The van der Waals surface area contributed by atoms with Gasteiger partial charge in [-0.2, -0.15) is 5.26 Å². The molecule has 0 amide bonds. The van der Waals surface area contributed by atoms with Crippen molar-refractivity contribution in [2.45, 2.75) is 32.2 Å². The zero-order chi connectivity index (χ0) is 12.5. The topological polar surface area (TPSA) is 40.8 Å². The lowest BCUT2D eigenvalue weighted by molar-refractivity contribution is 0.378. The molecule has 1 N–H and O–H groups in total. The van der Waals surface area contributed by atoms with Gasteiger partial charge in [-0.25, -0.2) is 0 Å². The molecule has 3 heteroatoms. The van der Waals surface area contributed by atoms with Gasteiger partial charge in [-0.1, -0.05) is 0 Å². The summed E-state index contributed by atoms with van der Waals surface area (Å²) in [6.45, 7) is 2.05. The Hall–Kier alpha value is -1.27. The maximum Gasteiger partial charge on any atom is 0.120 e. The summed E-state index contributed by atoms with van der Waals surface area (Å²) < 4.78 is 1.90. The molecular formula is C15H21N3. The van der Waals surface area contributed by atoms with E-state index in [1.54, 1.807) is 0 Å². The third-order valence-corrected chi connectivity index (χ3v) is 4.34. The molecule has 0 atom stereocenters. The lowest BCUT2D eigenvalue weighted by atomic mass is 9.98. The van der Waals surface area contributed by atoms with E-state index in [-0.39, 0.29) is 0 Å². The second-order valence-electron chi connectivity index (χ2n) is 5.93. The molecule has 3 rings (SSSR count). The first kappa shape index (κ1) is 11.8. The fourth-order valence-electron chi connectivity index (χ4n) is 2.99. The summed E-state index contributed by atoms with van der Waals surface area (Å²) in [6.07, 6.45) is 7.86.